The van der Waals surface area contributed by atoms with Crippen molar-refractivity contribution in [3.05, 3.63) is 71.3 Å². The topological polar surface area (TPSA) is 34.1 Å². The normalized spacial score (nSPS) is 12.7. The van der Waals surface area contributed by atoms with Crippen molar-refractivity contribution in [3.8, 4) is 0 Å². The van der Waals surface area contributed by atoms with Crippen LogP contribution in [0.15, 0.2) is 65.6 Å². The Hall–Kier alpha value is -1.72. The molecule has 110 valence electrons. The van der Waals surface area contributed by atoms with Gasteiger partial charge >= 0.3 is 5.25 Å². The molecule has 0 aliphatic rings. The minimum absolute atomic E-state index is 0.362. The van der Waals surface area contributed by atoms with Crippen LogP contribution in [0.4, 0.5) is 8.78 Å². The predicted octanol–water partition coefficient (Wildman–Crippen LogP) is 4.42. The van der Waals surface area contributed by atoms with Gasteiger partial charge in [0.2, 0.25) is 9.84 Å². The lowest BCUT2D eigenvalue weighted by atomic mass is 10.2. The van der Waals surface area contributed by atoms with Crippen molar-refractivity contribution in [3.63, 3.8) is 0 Å². The fourth-order valence-corrected chi connectivity index (χ4v) is 2.93. The smallest absolute Gasteiger partial charge is 0.217 e. The van der Waals surface area contributed by atoms with E-state index in [0.29, 0.717) is 16.7 Å². The molecule has 2 rings (SSSR count). The molecule has 0 radical (unpaired) electrons. The van der Waals surface area contributed by atoms with Crippen LogP contribution in [0.2, 0.25) is 5.02 Å². The van der Waals surface area contributed by atoms with Crippen molar-refractivity contribution in [1.29, 1.82) is 0 Å². The zero-order valence-electron chi connectivity index (χ0n) is 10.7. The Bertz CT molecular complexity index is 756. The van der Waals surface area contributed by atoms with Crippen molar-refractivity contribution in [2.24, 2.45) is 0 Å². The van der Waals surface area contributed by atoms with Crippen LogP contribution in [0.25, 0.3) is 6.08 Å². The third-order valence-electron chi connectivity index (χ3n) is 2.73. The Morgan fingerprint density at radius 3 is 2.29 bits per heavy atom. The van der Waals surface area contributed by atoms with Gasteiger partial charge in [0.15, 0.2) is 0 Å². The fraction of sp³-hybridized carbons (Fsp3) is 0.0667. The number of hydrogen-bond acceptors (Lipinski definition) is 2. The van der Waals surface area contributed by atoms with Gasteiger partial charge in [-0.2, -0.15) is 8.78 Å². The molecule has 0 aliphatic carbocycles. The molecular weight excluding hydrogens is 318 g/mol. The molecule has 0 aliphatic heterocycles. The van der Waals surface area contributed by atoms with Crippen LogP contribution in [0, 0.1) is 0 Å². The molecule has 2 nitrogen and oxygen atoms in total. The van der Waals surface area contributed by atoms with E-state index in [1.54, 1.807) is 24.3 Å². The monoisotopic (exact) mass is 328 g/mol. The Morgan fingerprint density at radius 1 is 1.00 bits per heavy atom. The summed E-state index contributed by atoms with van der Waals surface area (Å²) in [6.45, 7) is 0. The van der Waals surface area contributed by atoms with Crippen molar-refractivity contribution in [2.75, 3.05) is 0 Å². The lowest BCUT2D eigenvalue weighted by Gasteiger charge is -2.13. The second kappa shape index (κ2) is 5.95. The first-order valence-corrected chi connectivity index (χ1v) is 7.81. The van der Waals surface area contributed by atoms with E-state index in [1.807, 2.05) is 0 Å². The van der Waals surface area contributed by atoms with Crippen LogP contribution in [0.1, 0.15) is 5.56 Å². The standard InChI is InChI=1S/C15H11ClF2O2S/c16-13-6-4-5-12(11-13)9-10-15(17,18)21(19,20)14-7-2-1-3-8-14/h1-11H/b10-9+. The Kier molecular flexibility index (Phi) is 4.44. The number of rotatable bonds is 4. The number of hydrogen-bond donors (Lipinski definition) is 0. The molecule has 0 saturated carbocycles. The highest BCUT2D eigenvalue weighted by Crippen LogP contribution is 2.31. The summed E-state index contributed by atoms with van der Waals surface area (Å²) in [7, 11) is -4.77. The van der Waals surface area contributed by atoms with Crippen LogP contribution in [-0.2, 0) is 9.84 Å². The maximum atomic E-state index is 14.0. The van der Waals surface area contributed by atoms with E-state index < -0.39 is 20.0 Å². The summed E-state index contributed by atoms with van der Waals surface area (Å²) in [5, 5.41) is -3.62. The van der Waals surface area contributed by atoms with Crippen LogP contribution in [-0.4, -0.2) is 13.7 Å². The van der Waals surface area contributed by atoms with E-state index in [-0.39, 0.29) is 0 Å². The van der Waals surface area contributed by atoms with Gasteiger partial charge in [-0.3, -0.25) is 0 Å². The van der Waals surface area contributed by atoms with E-state index in [9.17, 15) is 17.2 Å². The van der Waals surface area contributed by atoms with Gasteiger partial charge in [-0.05, 0) is 29.8 Å². The molecule has 0 unspecified atom stereocenters. The van der Waals surface area contributed by atoms with Gasteiger partial charge in [0, 0.05) is 11.1 Å². The summed E-state index contributed by atoms with van der Waals surface area (Å²) in [5.41, 5.74) is 0.394. The molecule has 0 aromatic heterocycles. The van der Waals surface area contributed by atoms with Gasteiger partial charge in [-0.15, -0.1) is 0 Å². The summed E-state index contributed by atoms with van der Waals surface area (Å²) in [6, 6.07) is 12.8. The highest BCUT2D eigenvalue weighted by molar-refractivity contribution is 7.92. The second-order valence-corrected chi connectivity index (χ2v) is 6.73. The molecule has 2 aromatic carbocycles. The summed E-state index contributed by atoms with van der Waals surface area (Å²) in [4.78, 5) is -0.425. The average molecular weight is 329 g/mol. The molecule has 0 spiro atoms. The molecule has 0 amide bonds. The zero-order valence-corrected chi connectivity index (χ0v) is 12.3. The van der Waals surface area contributed by atoms with E-state index in [4.69, 9.17) is 11.6 Å². The lowest BCUT2D eigenvalue weighted by molar-refractivity contribution is 0.148. The molecule has 0 atom stereocenters. The molecule has 0 fully saturated rings. The van der Waals surface area contributed by atoms with Crippen molar-refractivity contribution in [2.45, 2.75) is 10.2 Å². The van der Waals surface area contributed by atoms with Crippen molar-refractivity contribution >= 4 is 27.5 Å². The summed E-state index contributed by atoms with van der Waals surface area (Å²) in [6.07, 6.45) is 1.40. The van der Waals surface area contributed by atoms with E-state index in [1.165, 1.54) is 18.2 Å². The number of sulfone groups is 1. The first-order chi connectivity index (χ1) is 9.83. The van der Waals surface area contributed by atoms with Crippen LogP contribution in [0.3, 0.4) is 0 Å². The first kappa shape index (κ1) is 15.7. The maximum absolute atomic E-state index is 14.0. The van der Waals surface area contributed by atoms with Crippen LogP contribution >= 0.6 is 11.6 Å². The van der Waals surface area contributed by atoms with E-state index in [2.05, 4.69) is 0 Å². The van der Waals surface area contributed by atoms with E-state index >= 15 is 0 Å². The summed E-state index contributed by atoms with van der Waals surface area (Å²) in [5.74, 6) is 0. The molecule has 0 heterocycles. The van der Waals surface area contributed by atoms with Crippen LogP contribution in [0.5, 0.6) is 0 Å². The minimum atomic E-state index is -4.77. The first-order valence-electron chi connectivity index (χ1n) is 5.95. The highest BCUT2D eigenvalue weighted by atomic mass is 35.5. The third kappa shape index (κ3) is 3.49. The lowest BCUT2D eigenvalue weighted by Crippen LogP contribution is -2.26. The number of alkyl halides is 2. The molecule has 0 saturated heterocycles. The molecule has 0 N–H and O–H groups in total. The Balaban J connectivity index is 2.34. The summed E-state index contributed by atoms with van der Waals surface area (Å²) >= 11 is 5.74. The second-order valence-electron chi connectivity index (χ2n) is 4.27. The van der Waals surface area contributed by atoms with Crippen molar-refractivity contribution < 1.29 is 17.2 Å². The molecule has 6 heteroatoms. The van der Waals surface area contributed by atoms with Gasteiger partial charge < -0.3 is 0 Å². The molecule has 21 heavy (non-hydrogen) atoms. The average Bonchev–Trinajstić information content (AvgIpc) is 2.46. The van der Waals surface area contributed by atoms with Gasteiger partial charge in [-0.25, -0.2) is 8.42 Å². The molecule has 0 bridgehead atoms. The van der Waals surface area contributed by atoms with Gasteiger partial charge in [-0.1, -0.05) is 48.0 Å². The Labute approximate surface area is 126 Å². The minimum Gasteiger partial charge on any atom is -0.217 e. The Morgan fingerprint density at radius 2 is 1.67 bits per heavy atom. The van der Waals surface area contributed by atoms with E-state index in [0.717, 1.165) is 18.2 Å². The van der Waals surface area contributed by atoms with Gasteiger partial charge in [0.25, 0.3) is 0 Å². The SMILES string of the molecule is O=S(=O)(c1ccccc1)C(F)(F)/C=C/c1cccc(Cl)c1. The number of halogens is 3. The quantitative estimate of drug-likeness (QED) is 0.832. The van der Waals surface area contributed by atoms with Crippen molar-refractivity contribution in [1.82, 2.24) is 0 Å². The fourth-order valence-electron chi connectivity index (χ4n) is 1.65. The molecular formula is C15H11ClF2O2S. The summed E-state index contributed by atoms with van der Waals surface area (Å²) < 4.78 is 51.8. The predicted molar refractivity (Wildman–Crippen MR) is 79.1 cm³/mol. The third-order valence-corrected chi connectivity index (χ3v) is 4.71. The highest BCUT2D eigenvalue weighted by Gasteiger charge is 2.43. The maximum Gasteiger partial charge on any atom is 0.368 e. The molecule has 2 aromatic rings. The zero-order chi connectivity index (χ0) is 15.5. The van der Waals surface area contributed by atoms with Crippen LogP contribution < -0.4 is 0 Å². The van der Waals surface area contributed by atoms with Gasteiger partial charge in [0.1, 0.15) is 0 Å². The number of benzene rings is 2. The largest absolute Gasteiger partial charge is 0.368 e. The van der Waals surface area contributed by atoms with Gasteiger partial charge in [0.05, 0.1) is 4.90 Å².